The molecule has 0 radical (unpaired) electrons. The smallest absolute Gasteiger partial charge is 0.0223 e. The van der Waals surface area contributed by atoms with Crippen molar-refractivity contribution >= 4 is 0 Å². The molecule has 0 bridgehead atoms. The fourth-order valence-electron chi connectivity index (χ4n) is 3.39. The van der Waals surface area contributed by atoms with Crippen LogP contribution in [-0.4, -0.2) is 54.6 Å². The number of hydrogen-bond acceptors (Lipinski definition) is 3. The van der Waals surface area contributed by atoms with Gasteiger partial charge in [-0.3, -0.25) is 4.90 Å². The van der Waals surface area contributed by atoms with E-state index in [0.29, 0.717) is 6.04 Å². The van der Waals surface area contributed by atoms with Crippen LogP contribution in [0, 0.1) is 0 Å². The maximum atomic E-state index is 5.99. The van der Waals surface area contributed by atoms with E-state index in [9.17, 15) is 0 Å². The van der Waals surface area contributed by atoms with Gasteiger partial charge in [0.25, 0.3) is 0 Å². The Morgan fingerprint density at radius 2 is 2.12 bits per heavy atom. The van der Waals surface area contributed by atoms with E-state index in [2.05, 4.69) is 23.8 Å². The summed E-state index contributed by atoms with van der Waals surface area (Å²) in [6, 6.07) is 2.00. The summed E-state index contributed by atoms with van der Waals surface area (Å²) in [5.41, 5.74) is 5.99. The Bertz CT molecular complexity index is 219. The number of likely N-dealkylation sites (tertiary alicyclic amines) is 1. The Morgan fingerprint density at radius 1 is 1.31 bits per heavy atom. The largest absolute Gasteiger partial charge is 0.328 e. The van der Waals surface area contributed by atoms with Crippen molar-refractivity contribution < 1.29 is 0 Å². The zero-order chi connectivity index (χ0) is 11.5. The molecule has 16 heavy (non-hydrogen) atoms. The second-order valence-electron chi connectivity index (χ2n) is 5.59. The molecule has 2 fully saturated rings. The van der Waals surface area contributed by atoms with Crippen LogP contribution in [0.5, 0.6) is 0 Å². The second-order valence-corrected chi connectivity index (χ2v) is 5.59. The third-order valence-corrected chi connectivity index (χ3v) is 4.47. The summed E-state index contributed by atoms with van der Waals surface area (Å²) in [5.74, 6) is 0. The van der Waals surface area contributed by atoms with Crippen molar-refractivity contribution in [2.24, 2.45) is 5.73 Å². The van der Waals surface area contributed by atoms with Gasteiger partial charge in [-0.25, -0.2) is 0 Å². The van der Waals surface area contributed by atoms with Gasteiger partial charge in [0.15, 0.2) is 0 Å². The lowest BCUT2D eigenvalue weighted by Gasteiger charge is -2.31. The van der Waals surface area contributed by atoms with Crippen LogP contribution in [0.2, 0.25) is 0 Å². The molecule has 3 unspecified atom stereocenters. The van der Waals surface area contributed by atoms with Crippen molar-refractivity contribution in [3.8, 4) is 0 Å². The second kappa shape index (κ2) is 5.48. The summed E-state index contributed by atoms with van der Waals surface area (Å²) in [5, 5.41) is 0. The highest BCUT2D eigenvalue weighted by atomic mass is 15.2. The molecule has 1 heterocycles. The minimum atomic E-state index is 0.457. The van der Waals surface area contributed by atoms with Crippen LogP contribution in [0.3, 0.4) is 0 Å². The van der Waals surface area contributed by atoms with Crippen molar-refractivity contribution in [2.75, 3.05) is 26.7 Å². The van der Waals surface area contributed by atoms with Gasteiger partial charge >= 0.3 is 0 Å². The SMILES string of the molecule is CCN1CCCC1CN(C)C1CCC(N)C1. The van der Waals surface area contributed by atoms with Crippen LogP contribution >= 0.6 is 0 Å². The monoisotopic (exact) mass is 225 g/mol. The number of likely N-dealkylation sites (N-methyl/N-ethyl adjacent to an activating group) is 2. The zero-order valence-corrected chi connectivity index (χ0v) is 10.9. The quantitative estimate of drug-likeness (QED) is 0.782. The molecule has 1 saturated heterocycles. The summed E-state index contributed by atoms with van der Waals surface area (Å²) < 4.78 is 0. The molecule has 0 aromatic heterocycles. The van der Waals surface area contributed by atoms with Gasteiger partial charge in [0.05, 0.1) is 0 Å². The highest BCUT2D eigenvalue weighted by Crippen LogP contribution is 2.24. The van der Waals surface area contributed by atoms with E-state index >= 15 is 0 Å². The highest BCUT2D eigenvalue weighted by Gasteiger charge is 2.29. The Balaban J connectivity index is 1.80. The number of hydrogen-bond donors (Lipinski definition) is 1. The molecule has 3 heteroatoms. The Kier molecular flexibility index (Phi) is 4.22. The molecule has 0 aromatic carbocycles. The van der Waals surface area contributed by atoms with E-state index in [4.69, 9.17) is 5.73 Å². The van der Waals surface area contributed by atoms with Crippen molar-refractivity contribution in [1.82, 2.24) is 9.80 Å². The van der Waals surface area contributed by atoms with E-state index in [1.807, 2.05) is 0 Å². The average molecular weight is 225 g/mol. The lowest BCUT2D eigenvalue weighted by Crippen LogP contribution is -2.42. The maximum absolute atomic E-state index is 5.99. The predicted octanol–water partition coefficient (Wildman–Crippen LogP) is 1.28. The number of nitrogens with two attached hydrogens (primary N) is 1. The Labute approximate surface area is 100.0 Å². The number of rotatable bonds is 4. The molecule has 1 aliphatic heterocycles. The molecular formula is C13H27N3. The van der Waals surface area contributed by atoms with Crippen LogP contribution in [-0.2, 0) is 0 Å². The van der Waals surface area contributed by atoms with Gasteiger partial charge in [0.2, 0.25) is 0 Å². The summed E-state index contributed by atoms with van der Waals surface area (Å²) in [4.78, 5) is 5.19. The highest BCUT2D eigenvalue weighted by molar-refractivity contribution is 4.87. The van der Waals surface area contributed by atoms with Gasteiger partial charge in [-0.1, -0.05) is 6.92 Å². The predicted molar refractivity (Wildman–Crippen MR) is 68.5 cm³/mol. The van der Waals surface area contributed by atoms with E-state index < -0.39 is 0 Å². The summed E-state index contributed by atoms with van der Waals surface area (Å²) in [6.07, 6.45) is 6.50. The average Bonchev–Trinajstić information content (AvgIpc) is 2.86. The van der Waals surface area contributed by atoms with Gasteiger partial charge < -0.3 is 10.6 Å². The van der Waals surface area contributed by atoms with E-state index in [0.717, 1.165) is 12.1 Å². The first kappa shape index (κ1) is 12.3. The first-order valence-corrected chi connectivity index (χ1v) is 6.90. The molecule has 2 N–H and O–H groups in total. The van der Waals surface area contributed by atoms with Crippen LogP contribution in [0.25, 0.3) is 0 Å². The third kappa shape index (κ3) is 2.76. The summed E-state index contributed by atoms with van der Waals surface area (Å²) in [6.45, 7) is 6.04. The summed E-state index contributed by atoms with van der Waals surface area (Å²) in [7, 11) is 2.29. The normalized spacial score (nSPS) is 36.4. The first-order valence-electron chi connectivity index (χ1n) is 6.90. The molecule has 2 aliphatic rings. The van der Waals surface area contributed by atoms with Gasteiger partial charge in [0.1, 0.15) is 0 Å². The van der Waals surface area contributed by atoms with Crippen molar-refractivity contribution in [3.05, 3.63) is 0 Å². The van der Waals surface area contributed by atoms with Gasteiger partial charge in [-0.2, -0.15) is 0 Å². The Hall–Kier alpha value is -0.120. The van der Waals surface area contributed by atoms with Crippen molar-refractivity contribution in [2.45, 2.75) is 57.2 Å². The van der Waals surface area contributed by atoms with E-state index in [1.165, 1.54) is 51.7 Å². The number of nitrogens with zero attached hydrogens (tertiary/aromatic N) is 2. The molecule has 3 nitrogen and oxygen atoms in total. The zero-order valence-electron chi connectivity index (χ0n) is 10.9. The third-order valence-electron chi connectivity index (χ3n) is 4.47. The van der Waals surface area contributed by atoms with Gasteiger partial charge in [0, 0.05) is 24.7 Å². The van der Waals surface area contributed by atoms with Crippen molar-refractivity contribution in [1.29, 1.82) is 0 Å². The molecule has 1 aliphatic carbocycles. The molecule has 3 atom stereocenters. The lowest BCUT2D eigenvalue weighted by atomic mass is 10.1. The van der Waals surface area contributed by atoms with Crippen LogP contribution < -0.4 is 5.73 Å². The standard InChI is InChI=1S/C13H27N3/c1-3-16-8-4-5-13(16)10-15(2)12-7-6-11(14)9-12/h11-13H,3-10,14H2,1-2H3. The lowest BCUT2D eigenvalue weighted by molar-refractivity contribution is 0.164. The topological polar surface area (TPSA) is 32.5 Å². The van der Waals surface area contributed by atoms with Crippen LogP contribution in [0.1, 0.15) is 39.0 Å². The molecule has 2 rings (SSSR count). The van der Waals surface area contributed by atoms with Crippen LogP contribution in [0.15, 0.2) is 0 Å². The molecule has 94 valence electrons. The maximum Gasteiger partial charge on any atom is 0.0223 e. The molecule has 0 amide bonds. The summed E-state index contributed by atoms with van der Waals surface area (Å²) >= 11 is 0. The van der Waals surface area contributed by atoms with Gasteiger partial charge in [-0.15, -0.1) is 0 Å². The fourth-order valence-corrected chi connectivity index (χ4v) is 3.39. The van der Waals surface area contributed by atoms with Crippen LogP contribution in [0.4, 0.5) is 0 Å². The molecule has 0 aromatic rings. The van der Waals surface area contributed by atoms with E-state index in [1.54, 1.807) is 0 Å². The minimum Gasteiger partial charge on any atom is -0.328 e. The molecular weight excluding hydrogens is 198 g/mol. The minimum absolute atomic E-state index is 0.457. The first-order chi connectivity index (χ1) is 7.70. The Morgan fingerprint density at radius 3 is 2.75 bits per heavy atom. The molecule has 0 spiro atoms. The van der Waals surface area contributed by atoms with Gasteiger partial charge in [-0.05, 0) is 52.2 Å². The molecule has 1 saturated carbocycles. The fraction of sp³-hybridized carbons (Fsp3) is 1.00. The van der Waals surface area contributed by atoms with E-state index in [-0.39, 0.29) is 0 Å². The van der Waals surface area contributed by atoms with Crippen molar-refractivity contribution in [3.63, 3.8) is 0 Å².